The summed E-state index contributed by atoms with van der Waals surface area (Å²) in [7, 11) is 0. The Morgan fingerprint density at radius 3 is 0.730 bits per heavy atom. The van der Waals surface area contributed by atoms with Gasteiger partial charge in [0.15, 0.2) is 0 Å². The molecule has 0 spiro atoms. The van der Waals surface area contributed by atoms with Crippen molar-refractivity contribution in [3.63, 3.8) is 0 Å². The first-order chi connectivity index (χ1) is 48.8. The first-order valence-electron chi connectivity index (χ1n) is 37.0. The van der Waals surface area contributed by atoms with Crippen LogP contribution in [0.15, 0.2) is 146 Å². The summed E-state index contributed by atoms with van der Waals surface area (Å²) in [4.78, 5) is 125. The lowest BCUT2D eigenvalue weighted by atomic mass is 9.65. The maximum Gasteiger partial charge on any atom is 0.265 e. The van der Waals surface area contributed by atoms with E-state index in [2.05, 4.69) is 27.7 Å². The lowest BCUT2D eigenvalue weighted by Crippen LogP contribution is -2.47. The van der Waals surface area contributed by atoms with Gasteiger partial charge in [0.2, 0.25) is 0 Å². The normalized spacial score (nSPS) is 16.2. The summed E-state index contributed by atoms with van der Waals surface area (Å²) >= 11 is 0. The monoisotopic (exact) mass is 1320 g/mol. The fourth-order valence-electron chi connectivity index (χ4n) is 18.8. The van der Waals surface area contributed by atoms with E-state index in [-0.39, 0.29) is 35.7 Å². The van der Waals surface area contributed by atoms with Crippen LogP contribution in [0.2, 0.25) is 0 Å². The maximum absolute atomic E-state index is 15.0. The average Bonchev–Trinajstić information content (AvgIpc) is 0.695. The van der Waals surface area contributed by atoms with Crippen molar-refractivity contribution in [3.05, 3.63) is 201 Å². The number of hydrogen-bond donors (Lipinski definition) is 0. The summed E-state index contributed by atoms with van der Waals surface area (Å²) in [5, 5.41) is 12.6. The Hall–Kier alpha value is -10.2. The number of fused-ring (bicyclic) bond motifs is 4. The predicted octanol–water partition coefficient (Wildman–Crippen LogP) is 20.9. The number of amides is 8. The van der Waals surface area contributed by atoms with Crippen LogP contribution in [0.25, 0.3) is 86.2 Å². The van der Waals surface area contributed by atoms with E-state index in [4.69, 9.17) is 0 Å². The second-order valence-corrected chi connectivity index (χ2v) is 29.2. The minimum Gasteiger partial charge on any atom is -0.271 e. The molecule has 0 saturated heterocycles. The Bertz CT molecular complexity index is 4910. The summed E-state index contributed by atoms with van der Waals surface area (Å²) in [5.74, 6) is -2.66. The molecule has 8 amide bonds. The molecule has 0 N–H and O–H groups in total. The minimum atomic E-state index is -0.438. The second kappa shape index (κ2) is 24.6. The van der Waals surface area contributed by atoms with Crippen LogP contribution in [0, 0.1) is 0 Å². The van der Waals surface area contributed by atoms with Gasteiger partial charge >= 0.3 is 0 Å². The summed E-state index contributed by atoms with van der Waals surface area (Å²) in [5.41, 5.74) is 6.34. The van der Waals surface area contributed by atoms with Gasteiger partial charge in [0.1, 0.15) is 0 Å². The molecule has 1 aliphatic carbocycles. The van der Waals surface area contributed by atoms with Crippen LogP contribution >= 0.6 is 0 Å². The van der Waals surface area contributed by atoms with Crippen LogP contribution in [-0.4, -0.2) is 69.1 Å². The van der Waals surface area contributed by atoms with E-state index in [0.29, 0.717) is 77.4 Å². The molecule has 12 nitrogen and oxygen atoms in total. The largest absolute Gasteiger partial charge is 0.271 e. The molecule has 17 rings (SSSR count). The van der Waals surface area contributed by atoms with Crippen molar-refractivity contribution >= 4 is 145 Å². The highest BCUT2D eigenvalue weighted by Gasteiger charge is 2.44. The third-order valence-electron chi connectivity index (χ3n) is 23.7. The summed E-state index contributed by atoms with van der Waals surface area (Å²) in [6, 6.07) is 45.8. The third kappa shape index (κ3) is 9.22. The van der Waals surface area contributed by atoms with E-state index in [0.717, 1.165) is 211 Å². The molecular formula is C88H80N4O8. The molecule has 0 radical (unpaired) electrons. The summed E-state index contributed by atoms with van der Waals surface area (Å²) in [6.07, 6.45) is 20.1. The zero-order chi connectivity index (χ0) is 68.6. The zero-order valence-electron chi connectivity index (χ0n) is 57.4. The van der Waals surface area contributed by atoms with Crippen LogP contribution in [0.5, 0.6) is 0 Å². The molecule has 1 fully saturated rings. The molecule has 12 aromatic rings. The van der Waals surface area contributed by atoms with Gasteiger partial charge in [-0.05, 0) is 187 Å². The third-order valence-corrected chi connectivity index (χ3v) is 23.7. The van der Waals surface area contributed by atoms with Crippen molar-refractivity contribution < 1.29 is 38.4 Å². The fourth-order valence-corrected chi connectivity index (χ4v) is 18.8. The van der Waals surface area contributed by atoms with E-state index >= 15 is 19.2 Å². The van der Waals surface area contributed by atoms with E-state index in [1.54, 1.807) is 9.80 Å². The van der Waals surface area contributed by atoms with Gasteiger partial charge in [-0.25, -0.2) is 9.80 Å². The minimum absolute atomic E-state index is 0.173. The molecule has 0 atom stereocenters. The van der Waals surface area contributed by atoms with E-state index in [1.807, 2.05) is 146 Å². The van der Waals surface area contributed by atoms with Crippen LogP contribution < -0.4 is 9.80 Å². The molecule has 5 aliphatic rings. The van der Waals surface area contributed by atoms with Crippen molar-refractivity contribution in [2.45, 2.75) is 180 Å². The summed E-state index contributed by atoms with van der Waals surface area (Å²) < 4.78 is 0. The number of carbonyl (C=O) groups is 8. The number of anilines is 2. The first kappa shape index (κ1) is 63.3. The molecule has 0 bridgehead atoms. The number of imide groups is 4. The zero-order valence-corrected chi connectivity index (χ0v) is 57.4. The molecule has 500 valence electrons. The van der Waals surface area contributed by atoms with Crippen molar-refractivity contribution in [2.24, 2.45) is 0 Å². The number of benzene rings is 12. The SMILES string of the molecule is CCCCCC(CCCCC)N1C(=O)c2ccc3c4ccc5c6c(ccc(c7ccc(c2c37)C1=O)c64)C(=O)N(c1ccc(C2(c3ccc(N4C(=O)c6ccc7c8ccc9c%10c(ccc(c%11ccc(c6c7%11)C4=O)c%108)C(=O)N(C(CCCCC)CCCCC)C9=O)cc3)CCCCC2)cc1)C5=O. The van der Waals surface area contributed by atoms with Gasteiger partial charge in [0, 0.05) is 83.6 Å². The van der Waals surface area contributed by atoms with E-state index < -0.39 is 29.0 Å². The first-order valence-corrected chi connectivity index (χ1v) is 37.0. The molecular weight excluding hydrogens is 1240 g/mol. The van der Waals surface area contributed by atoms with Crippen LogP contribution in [0.4, 0.5) is 11.4 Å². The van der Waals surface area contributed by atoms with Gasteiger partial charge in [-0.15, -0.1) is 0 Å². The molecule has 1 saturated carbocycles. The van der Waals surface area contributed by atoms with Gasteiger partial charge in [-0.2, -0.15) is 0 Å². The van der Waals surface area contributed by atoms with Crippen molar-refractivity contribution in [1.82, 2.24) is 9.80 Å². The number of nitrogens with zero attached hydrogens (tertiary/aromatic N) is 4. The average molecular weight is 1320 g/mol. The Labute approximate surface area is 580 Å². The standard InChI is InChI=1S/C88H80N4O8/c1-5-9-14-20-52(21-15-10-6-2)89-80(93)64-40-32-56-60-36-44-68-78-69(45-37-61(74(60)78)57-33-41-65(81(89)94)76(64)72(56)57)85(98)91(84(68)97)54-28-24-50(25-29-54)88(48-18-13-19-49-88)51-26-30-55(31-27-51)92-86(99)70-46-38-62-58-34-42-66-77-67(83(96)90(82(66)95)53(22-16-11-7-3)23-17-12-8-4)43-35-59(73(58)77)63-39-47-71(87(92)100)79(70)75(62)63/h24-47,52-53H,5-23,48-49H2,1-4H3. The highest BCUT2D eigenvalue weighted by molar-refractivity contribution is 6.46. The molecule has 0 aromatic heterocycles. The molecule has 12 heteroatoms. The fraction of sp³-hybridized carbons (Fsp3) is 0.318. The van der Waals surface area contributed by atoms with Crippen molar-refractivity contribution in [3.8, 4) is 0 Å². The van der Waals surface area contributed by atoms with Gasteiger partial charge in [0.25, 0.3) is 47.3 Å². The van der Waals surface area contributed by atoms with Gasteiger partial charge < -0.3 is 0 Å². The maximum atomic E-state index is 15.0. The number of carbonyl (C=O) groups excluding carboxylic acids is 8. The number of hydrogen-bond acceptors (Lipinski definition) is 8. The Kier molecular flexibility index (Phi) is 15.6. The van der Waals surface area contributed by atoms with E-state index in [9.17, 15) is 19.2 Å². The Morgan fingerprint density at radius 2 is 0.500 bits per heavy atom. The van der Waals surface area contributed by atoms with Crippen molar-refractivity contribution in [2.75, 3.05) is 9.80 Å². The highest BCUT2D eigenvalue weighted by atomic mass is 16.2. The number of rotatable bonds is 22. The molecule has 12 aromatic carbocycles. The highest BCUT2D eigenvalue weighted by Crippen LogP contribution is 2.52. The van der Waals surface area contributed by atoms with E-state index in [1.165, 1.54) is 9.80 Å². The molecule has 4 heterocycles. The van der Waals surface area contributed by atoms with Crippen LogP contribution in [0.3, 0.4) is 0 Å². The summed E-state index contributed by atoms with van der Waals surface area (Å²) in [6.45, 7) is 8.66. The quantitative estimate of drug-likeness (QED) is 0.0282. The molecule has 100 heavy (non-hydrogen) atoms. The lowest BCUT2D eigenvalue weighted by molar-refractivity contribution is 0.0501. The Morgan fingerprint density at radius 1 is 0.270 bits per heavy atom. The van der Waals surface area contributed by atoms with Gasteiger partial charge in [0.05, 0.1) is 11.4 Å². The second-order valence-electron chi connectivity index (χ2n) is 29.2. The Balaban J connectivity index is 0.657. The van der Waals surface area contributed by atoms with Gasteiger partial charge in [-0.3, -0.25) is 48.2 Å². The van der Waals surface area contributed by atoms with Crippen molar-refractivity contribution in [1.29, 1.82) is 0 Å². The smallest absolute Gasteiger partial charge is 0.265 e. The van der Waals surface area contributed by atoms with Crippen LogP contribution in [-0.2, 0) is 5.41 Å². The topological polar surface area (TPSA) is 150 Å². The van der Waals surface area contributed by atoms with Crippen LogP contribution in [0.1, 0.15) is 257 Å². The lowest BCUT2D eigenvalue weighted by Gasteiger charge is -2.39. The predicted molar refractivity (Wildman–Crippen MR) is 399 cm³/mol. The van der Waals surface area contributed by atoms with Gasteiger partial charge in [-0.1, -0.05) is 197 Å². The number of unbranched alkanes of at least 4 members (excludes halogenated alkanes) is 8. The molecule has 0 unspecified atom stereocenters. The molecule has 4 aliphatic heterocycles.